The van der Waals surface area contributed by atoms with Crippen molar-refractivity contribution < 1.29 is 22.0 Å². The van der Waals surface area contributed by atoms with Crippen molar-refractivity contribution in [1.82, 2.24) is 9.62 Å². The maximum Gasteiger partial charge on any atom is 0.235 e. The summed E-state index contributed by atoms with van der Waals surface area (Å²) in [5.41, 5.74) is 0.858. The van der Waals surface area contributed by atoms with Crippen molar-refractivity contribution in [2.24, 2.45) is 0 Å². The van der Waals surface area contributed by atoms with Crippen LogP contribution >= 0.6 is 0 Å². The highest BCUT2D eigenvalue weighted by molar-refractivity contribution is 7.88. The van der Waals surface area contributed by atoms with Gasteiger partial charge < -0.3 is 5.32 Å². The largest absolute Gasteiger partial charge is 0.348 e. The molecule has 1 amide bonds. The lowest BCUT2D eigenvalue weighted by molar-refractivity contribution is -0.122. The van der Waals surface area contributed by atoms with Crippen molar-refractivity contribution >= 4 is 15.9 Å². The fourth-order valence-electron chi connectivity index (χ4n) is 2.39. The Morgan fingerprint density at radius 1 is 1.12 bits per heavy atom. The molecule has 0 saturated heterocycles. The van der Waals surface area contributed by atoms with Gasteiger partial charge in [-0.1, -0.05) is 30.3 Å². The Labute approximate surface area is 151 Å². The zero-order valence-electron chi connectivity index (χ0n) is 14.4. The smallest absolute Gasteiger partial charge is 0.235 e. The highest BCUT2D eigenvalue weighted by atomic mass is 32.2. The summed E-state index contributed by atoms with van der Waals surface area (Å²) in [7, 11) is -3.72. The summed E-state index contributed by atoms with van der Waals surface area (Å²) in [4.78, 5) is 12.2. The van der Waals surface area contributed by atoms with Crippen molar-refractivity contribution in [2.45, 2.75) is 19.5 Å². The van der Waals surface area contributed by atoms with Gasteiger partial charge in [-0.3, -0.25) is 4.79 Å². The Morgan fingerprint density at radius 2 is 1.73 bits per heavy atom. The van der Waals surface area contributed by atoms with E-state index < -0.39 is 34.3 Å². The number of hydrogen-bond acceptors (Lipinski definition) is 3. The van der Waals surface area contributed by atoms with Gasteiger partial charge in [-0.15, -0.1) is 0 Å². The van der Waals surface area contributed by atoms with Gasteiger partial charge in [0.2, 0.25) is 15.9 Å². The van der Waals surface area contributed by atoms with Crippen LogP contribution in [-0.4, -0.2) is 31.4 Å². The lowest BCUT2D eigenvalue weighted by atomic mass is 10.1. The molecule has 1 unspecified atom stereocenters. The van der Waals surface area contributed by atoms with E-state index in [0.717, 1.165) is 10.6 Å². The monoisotopic (exact) mass is 382 g/mol. The Balaban J connectivity index is 2.07. The van der Waals surface area contributed by atoms with Crippen molar-refractivity contribution in [2.75, 3.05) is 12.8 Å². The van der Waals surface area contributed by atoms with E-state index in [1.165, 1.54) is 42.5 Å². The van der Waals surface area contributed by atoms with Crippen LogP contribution < -0.4 is 5.32 Å². The Bertz CT molecular complexity index is 870. The number of carbonyl (C=O) groups excluding carboxylic acids is 1. The molecule has 1 N–H and O–H groups in total. The molecule has 0 aliphatic heterocycles. The third-order valence-corrected chi connectivity index (χ3v) is 5.04. The average molecular weight is 382 g/mol. The molecule has 0 radical (unpaired) electrons. The molecular formula is C18H20F2N2O3S. The molecule has 0 aliphatic carbocycles. The summed E-state index contributed by atoms with van der Waals surface area (Å²) in [5, 5.41) is 2.66. The van der Waals surface area contributed by atoms with Gasteiger partial charge in [0.15, 0.2) is 0 Å². The summed E-state index contributed by atoms with van der Waals surface area (Å²) in [5.74, 6) is -1.47. The van der Waals surface area contributed by atoms with E-state index in [9.17, 15) is 22.0 Å². The topological polar surface area (TPSA) is 66.5 Å². The normalized spacial score (nSPS) is 12.8. The summed E-state index contributed by atoms with van der Waals surface area (Å²) in [6, 6.07) is 11.0. The van der Waals surface area contributed by atoms with Crippen LogP contribution in [-0.2, 0) is 21.4 Å². The van der Waals surface area contributed by atoms with E-state index in [2.05, 4.69) is 5.32 Å². The van der Waals surface area contributed by atoms with Gasteiger partial charge in [0, 0.05) is 12.1 Å². The Kier molecular flexibility index (Phi) is 6.44. The SMILES string of the molecule is CC(NC(=O)CN(Cc1ccccc1F)S(C)(=O)=O)c1ccc(F)cc1. The molecule has 2 rings (SSSR count). The zero-order valence-corrected chi connectivity index (χ0v) is 15.3. The molecule has 0 aliphatic rings. The lowest BCUT2D eigenvalue weighted by Gasteiger charge is -2.21. The van der Waals surface area contributed by atoms with Crippen LogP contribution in [0.5, 0.6) is 0 Å². The molecule has 5 nitrogen and oxygen atoms in total. The number of nitrogens with zero attached hydrogens (tertiary/aromatic N) is 1. The first-order valence-corrected chi connectivity index (χ1v) is 9.75. The highest BCUT2D eigenvalue weighted by Crippen LogP contribution is 2.14. The van der Waals surface area contributed by atoms with E-state index in [1.54, 1.807) is 13.0 Å². The molecular weight excluding hydrogens is 362 g/mol. The third-order valence-electron chi connectivity index (χ3n) is 3.84. The summed E-state index contributed by atoms with van der Waals surface area (Å²) < 4.78 is 51.6. The van der Waals surface area contributed by atoms with Gasteiger partial charge in [0.05, 0.1) is 18.8 Å². The number of hydrogen-bond donors (Lipinski definition) is 1. The number of carbonyl (C=O) groups is 1. The molecule has 0 heterocycles. The predicted molar refractivity (Wildman–Crippen MR) is 94.6 cm³/mol. The molecule has 1 atom stereocenters. The molecule has 0 bridgehead atoms. The fraction of sp³-hybridized carbons (Fsp3) is 0.278. The Hall–Kier alpha value is -2.32. The van der Waals surface area contributed by atoms with Crippen LogP contribution in [0.4, 0.5) is 8.78 Å². The van der Waals surface area contributed by atoms with E-state index in [4.69, 9.17) is 0 Å². The van der Waals surface area contributed by atoms with Crippen molar-refractivity contribution in [1.29, 1.82) is 0 Å². The predicted octanol–water partition coefficient (Wildman–Crippen LogP) is 2.60. The molecule has 0 fully saturated rings. The first-order chi connectivity index (χ1) is 12.2. The number of nitrogens with one attached hydrogen (secondary N) is 1. The minimum Gasteiger partial charge on any atom is -0.348 e. The standard InChI is InChI=1S/C18H20F2N2O3S/c1-13(14-7-9-16(19)10-8-14)21-18(23)12-22(26(2,24)25)11-15-5-3-4-6-17(15)20/h3-10,13H,11-12H2,1-2H3,(H,21,23). The molecule has 26 heavy (non-hydrogen) atoms. The van der Waals surface area contributed by atoms with E-state index in [1.807, 2.05) is 0 Å². The minimum atomic E-state index is -3.72. The van der Waals surface area contributed by atoms with Crippen LogP contribution in [0.1, 0.15) is 24.1 Å². The van der Waals surface area contributed by atoms with Crippen LogP contribution in [0, 0.1) is 11.6 Å². The summed E-state index contributed by atoms with van der Waals surface area (Å²) in [6.07, 6.45) is 0.963. The van der Waals surface area contributed by atoms with Crippen molar-refractivity contribution in [3.05, 3.63) is 71.3 Å². The zero-order chi connectivity index (χ0) is 19.3. The molecule has 2 aromatic carbocycles. The lowest BCUT2D eigenvalue weighted by Crippen LogP contribution is -2.40. The highest BCUT2D eigenvalue weighted by Gasteiger charge is 2.22. The van der Waals surface area contributed by atoms with Gasteiger partial charge in [-0.25, -0.2) is 17.2 Å². The van der Waals surface area contributed by atoms with Crippen molar-refractivity contribution in [3.8, 4) is 0 Å². The van der Waals surface area contributed by atoms with Gasteiger partial charge >= 0.3 is 0 Å². The quantitative estimate of drug-likeness (QED) is 0.801. The van der Waals surface area contributed by atoms with Gasteiger partial charge in [-0.2, -0.15) is 4.31 Å². The minimum absolute atomic E-state index is 0.178. The first-order valence-electron chi connectivity index (χ1n) is 7.90. The molecule has 0 spiro atoms. The molecule has 0 saturated carbocycles. The number of halogens is 2. The number of amides is 1. The number of benzene rings is 2. The molecule has 0 aromatic heterocycles. The van der Waals surface area contributed by atoms with Crippen molar-refractivity contribution in [3.63, 3.8) is 0 Å². The summed E-state index contributed by atoms with van der Waals surface area (Å²) >= 11 is 0. The van der Waals surface area contributed by atoms with Gasteiger partial charge in [-0.05, 0) is 30.7 Å². The Morgan fingerprint density at radius 3 is 2.31 bits per heavy atom. The number of rotatable bonds is 7. The van der Waals surface area contributed by atoms with Gasteiger partial charge in [0.1, 0.15) is 11.6 Å². The van der Waals surface area contributed by atoms with Crippen LogP contribution in [0.2, 0.25) is 0 Å². The van der Waals surface area contributed by atoms with Crippen LogP contribution in [0.3, 0.4) is 0 Å². The maximum absolute atomic E-state index is 13.8. The van der Waals surface area contributed by atoms with E-state index in [-0.39, 0.29) is 17.9 Å². The molecule has 2 aromatic rings. The molecule has 140 valence electrons. The number of sulfonamides is 1. The van der Waals surface area contributed by atoms with E-state index >= 15 is 0 Å². The second kappa shape index (κ2) is 8.37. The second-order valence-corrected chi connectivity index (χ2v) is 7.95. The third kappa shape index (κ3) is 5.60. The van der Waals surface area contributed by atoms with Gasteiger partial charge in [0.25, 0.3) is 0 Å². The van der Waals surface area contributed by atoms with E-state index in [0.29, 0.717) is 5.56 Å². The summed E-state index contributed by atoms with van der Waals surface area (Å²) in [6.45, 7) is 1.01. The van der Waals surface area contributed by atoms with Crippen LogP contribution in [0.15, 0.2) is 48.5 Å². The fourth-order valence-corrected chi connectivity index (χ4v) is 3.11. The van der Waals surface area contributed by atoms with Crippen LogP contribution in [0.25, 0.3) is 0 Å². The second-order valence-electron chi connectivity index (χ2n) is 5.96. The molecule has 8 heteroatoms. The first kappa shape index (κ1) is 20.0. The maximum atomic E-state index is 13.8. The average Bonchev–Trinajstić information content (AvgIpc) is 2.55.